The molecule has 1 atom stereocenters. The number of carbonyl (C=O) groups excluding carboxylic acids is 1. The van der Waals surface area contributed by atoms with Crippen molar-refractivity contribution in [3.8, 4) is 0 Å². The van der Waals surface area contributed by atoms with Gasteiger partial charge in [-0.05, 0) is 43.4 Å². The van der Waals surface area contributed by atoms with Crippen molar-refractivity contribution in [1.29, 1.82) is 4.78 Å². The zero-order chi connectivity index (χ0) is 24.8. The Hall–Kier alpha value is -2.70. The van der Waals surface area contributed by atoms with Crippen molar-refractivity contribution < 1.29 is 26.6 Å². The molecule has 0 bridgehead atoms. The van der Waals surface area contributed by atoms with E-state index in [0.29, 0.717) is 39.0 Å². The highest BCUT2D eigenvalue weighted by molar-refractivity contribution is 7.93. The molecule has 1 aromatic heterocycles. The first-order valence-electron chi connectivity index (χ1n) is 11.5. The summed E-state index contributed by atoms with van der Waals surface area (Å²) in [4.78, 5) is 20.1. The van der Waals surface area contributed by atoms with E-state index in [0.717, 1.165) is 36.4 Å². The predicted octanol–water partition coefficient (Wildman–Crippen LogP) is 4.09. The summed E-state index contributed by atoms with van der Waals surface area (Å²) < 4.78 is 71.4. The average Bonchev–Trinajstić information content (AvgIpc) is 3.26. The Labute approximate surface area is 199 Å². The van der Waals surface area contributed by atoms with E-state index in [1.807, 2.05) is 0 Å². The lowest BCUT2D eigenvalue weighted by molar-refractivity contribution is -0.0601. The normalized spacial score (nSPS) is 24.9. The Morgan fingerprint density at radius 2 is 1.71 bits per heavy atom. The molecule has 188 valence electrons. The van der Waals surface area contributed by atoms with Gasteiger partial charge >= 0.3 is 11.5 Å². The van der Waals surface area contributed by atoms with Crippen molar-refractivity contribution in [2.75, 3.05) is 26.2 Å². The number of halogens is 4. The van der Waals surface area contributed by atoms with E-state index < -0.39 is 25.8 Å². The number of likely N-dealkylation sites (tertiary alicyclic amines) is 2. The van der Waals surface area contributed by atoms with Gasteiger partial charge in [0.25, 0.3) is 0 Å². The number of alkyl halides is 4. The fourth-order valence-electron chi connectivity index (χ4n) is 5.44. The van der Waals surface area contributed by atoms with E-state index in [-0.39, 0.29) is 29.1 Å². The zero-order valence-electron chi connectivity index (χ0n) is 18.6. The van der Waals surface area contributed by atoms with Gasteiger partial charge in [0.05, 0.1) is 4.90 Å². The number of urea groups is 1. The number of H-pyrrole nitrogens is 1. The third kappa shape index (κ3) is 3.61. The minimum absolute atomic E-state index is 0.00472. The second kappa shape index (κ2) is 7.17. The summed E-state index contributed by atoms with van der Waals surface area (Å²) in [5.41, 5.74) is -5.62. The Morgan fingerprint density at radius 1 is 1.09 bits per heavy atom. The molecule has 1 aromatic carbocycles. The van der Waals surface area contributed by atoms with Crippen LogP contribution < -0.4 is 0 Å². The molecular weight excluding hydrogens is 488 g/mol. The van der Waals surface area contributed by atoms with Crippen LogP contribution in [-0.2, 0) is 15.4 Å². The van der Waals surface area contributed by atoms with Gasteiger partial charge in [0.15, 0.2) is 21.2 Å². The summed E-state index contributed by atoms with van der Waals surface area (Å²) >= 11 is 0. The van der Waals surface area contributed by atoms with Crippen molar-refractivity contribution >= 4 is 15.8 Å². The number of benzene rings is 1. The van der Waals surface area contributed by atoms with Crippen LogP contribution in [0.3, 0.4) is 0 Å². The lowest BCUT2D eigenvalue weighted by Crippen LogP contribution is -2.67. The van der Waals surface area contributed by atoms with Gasteiger partial charge in [0.1, 0.15) is 5.82 Å². The third-order valence-corrected chi connectivity index (χ3v) is 9.41. The molecule has 2 N–H and O–H groups in total. The predicted molar refractivity (Wildman–Crippen MR) is 116 cm³/mol. The third-order valence-electron chi connectivity index (χ3n) is 7.82. The SMILES string of the molecule is N=S(=O)(c1ccc(C2CN(C(=O)N3CC4(CC(c5nc(C6(F)CC6)n[nH]5)C4)C3)C2)cc1)C(F)(F)F. The van der Waals surface area contributed by atoms with Gasteiger partial charge in [-0.2, -0.15) is 18.3 Å². The minimum atomic E-state index is -5.12. The lowest BCUT2D eigenvalue weighted by atomic mass is 9.57. The molecule has 3 heterocycles. The summed E-state index contributed by atoms with van der Waals surface area (Å²) in [6, 6.07) is 5.04. The van der Waals surface area contributed by atoms with E-state index in [4.69, 9.17) is 4.78 Å². The number of rotatable bonds is 4. The van der Waals surface area contributed by atoms with Gasteiger partial charge in [-0.25, -0.2) is 23.2 Å². The summed E-state index contributed by atoms with van der Waals surface area (Å²) in [5.74, 6) is 1.19. The van der Waals surface area contributed by atoms with Crippen LogP contribution in [0.1, 0.15) is 54.7 Å². The van der Waals surface area contributed by atoms with E-state index in [1.165, 1.54) is 12.1 Å². The highest BCUT2D eigenvalue weighted by Crippen LogP contribution is 2.56. The number of amides is 2. The van der Waals surface area contributed by atoms with E-state index in [1.54, 1.807) is 9.80 Å². The topological polar surface area (TPSA) is 106 Å². The molecule has 4 fully saturated rings. The van der Waals surface area contributed by atoms with Gasteiger partial charge in [0, 0.05) is 43.4 Å². The van der Waals surface area contributed by atoms with Crippen LogP contribution in [0, 0.1) is 10.2 Å². The van der Waals surface area contributed by atoms with E-state index in [2.05, 4.69) is 15.2 Å². The highest BCUT2D eigenvalue weighted by atomic mass is 32.2. The van der Waals surface area contributed by atoms with Crippen molar-refractivity contribution in [1.82, 2.24) is 25.0 Å². The number of hydrogen-bond acceptors (Lipinski definition) is 5. The molecule has 2 saturated heterocycles. The summed E-state index contributed by atoms with van der Waals surface area (Å²) in [6.45, 7) is 2.26. The molecule has 2 aromatic rings. The molecular formula is C22H24F4N6O2S. The fraction of sp³-hybridized carbons (Fsp3) is 0.591. The number of carbonyl (C=O) groups is 1. The van der Waals surface area contributed by atoms with Gasteiger partial charge in [0.2, 0.25) is 0 Å². The minimum Gasteiger partial charge on any atom is -0.323 e. The van der Waals surface area contributed by atoms with Crippen LogP contribution in [0.25, 0.3) is 0 Å². The van der Waals surface area contributed by atoms with E-state index >= 15 is 0 Å². The zero-order valence-corrected chi connectivity index (χ0v) is 19.5. The molecule has 4 aliphatic rings. The second-order valence-corrected chi connectivity index (χ2v) is 12.5. The standard InChI is InChI=1S/C22H24F4N6O2S/c23-21(5-6-21)18-28-17(29-30-18)14-7-20(8-14)11-32(12-20)19(33)31-9-15(10-31)13-1-3-16(4-2-13)35(27,34)22(24,25)26/h1-4,14-15,27H,5-12H2,(H,28,29,30). The highest BCUT2D eigenvalue weighted by Gasteiger charge is 2.56. The summed E-state index contributed by atoms with van der Waals surface area (Å²) in [6.07, 6.45) is 2.72. The van der Waals surface area contributed by atoms with Crippen LogP contribution >= 0.6 is 0 Å². The maximum atomic E-state index is 14.1. The molecule has 1 spiro atoms. The van der Waals surface area contributed by atoms with Crippen molar-refractivity contribution in [3.05, 3.63) is 41.5 Å². The molecule has 2 aliphatic carbocycles. The quantitative estimate of drug-likeness (QED) is 0.602. The van der Waals surface area contributed by atoms with Gasteiger partial charge < -0.3 is 9.80 Å². The van der Waals surface area contributed by atoms with E-state index in [9.17, 15) is 26.6 Å². The number of hydrogen-bond donors (Lipinski definition) is 2. The average molecular weight is 513 g/mol. The van der Waals surface area contributed by atoms with Crippen LogP contribution in [0.2, 0.25) is 0 Å². The Morgan fingerprint density at radius 3 is 2.29 bits per heavy atom. The largest absolute Gasteiger partial charge is 0.483 e. The van der Waals surface area contributed by atoms with Gasteiger partial charge in [-0.15, -0.1) is 0 Å². The molecule has 8 nitrogen and oxygen atoms in total. The summed E-state index contributed by atoms with van der Waals surface area (Å²) in [5, 5.41) is 6.91. The second-order valence-electron chi connectivity index (χ2n) is 10.4. The summed E-state index contributed by atoms with van der Waals surface area (Å²) in [7, 11) is -4.87. The number of nitrogens with one attached hydrogen (secondary N) is 2. The molecule has 13 heteroatoms. The monoisotopic (exact) mass is 512 g/mol. The van der Waals surface area contributed by atoms with Crippen LogP contribution in [0.15, 0.2) is 29.2 Å². The van der Waals surface area contributed by atoms with Crippen LogP contribution in [-0.4, -0.2) is 66.9 Å². The Bertz CT molecular complexity index is 1270. The lowest BCUT2D eigenvalue weighted by Gasteiger charge is -2.59. The molecule has 35 heavy (non-hydrogen) atoms. The smallest absolute Gasteiger partial charge is 0.323 e. The molecule has 2 amide bonds. The van der Waals surface area contributed by atoms with Gasteiger partial charge in [-0.1, -0.05) is 12.1 Å². The number of aromatic amines is 1. The first-order chi connectivity index (χ1) is 16.4. The van der Waals surface area contributed by atoms with Gasteiger partial charge in [-0.3, -0.25) is 5.10 Å². The molecule has 0 radical (unpaired) electrons. The molecule has 2 saturated carbocycles. The van der Waals surface area contributed by atoms with Crippen LogP contribution in [0.5, 0.6) is 0 Å². The van der Waals surface area contributed by atoms with Crippen molar-refractivity contribution in [3.63, 3.8) is 0 Å². The molecule has 2 aliphatic heterocycles. The molecule has 6 rings (SSSR count). The van der Waals surface area contributed by atoms with Crippen LogP contribution in [0.4, 0.5) is 22.4 Å². The first kappa shape index (κ1) is 22.7. The first-order valence-corrected chi connectivity index (χ1v) is 13.1. The molecule has 1 unspecified atom stereocenters. The van der Waals surface area contributed by atoms with Crippen molar-refractivity contribution in [2.24, 2.45) is 5.41 Å². The maximum Gasteiger partial charge on any atom is 0.483 e. The van der Waals surface area contributed by atoms with Crippen molar-refractivity contribution in [2.45, 2.75) is 53.6 Å². The number of aromatic nitrogens is 3. The Kier molecular flexibility index (Phi) is 4.66. The Balaban J connectivity index is 0.980. The number of nitrogens with zero attached hydrogens (tertiary/aromatic N) is 4. The maximum absolute atomic E-state index is 14.1. The fourth-order valence-corrected chi connectivity index (χ4v) is 6.22.